The highest BCUT2D eigenvalue weighted by molar-refractivity contribution is 5.70. The minimum atomic E-state index is -0.471. The van der Waals surface area contributed by atoms with Gasteiger partial charge < -0.3 is 15.2 Å². The van der Waals surface area contributed by atoms with Gasteiger partial charge in [0.2, 0.25) is 0 Å². The third-order valence-electron chi connectivity index (χ3n) is 2.29. The lowest BCUT2D eigenvalue weighted by molar-refractivity contribution is -0.155. The lowest BCUT2D eigenvalue weighted by Gasteiger charge is -2.20. The van der Waals surface area contributed by atoms with Crippen LogP contribution in [0.5, 0.6) is 0 Å². The molecule has 0 aromatic heterocycles. The Balaban J connectivity index is 2.21. The van der Waals surface area contributed by atoms with E-state index in [-0.39, 0.29) is 18.4 Å². The normalized spacial score (nSPS) is 13.1. The van der Waals surface area contributed by atoms with Crippen molar-refractivity contribution in [2.24, 2.45) is 5.73 Å². The maximum absolute atomic E-state index is 11.5. The summed E-state index contributed by atoms with van der Waals surface area (Å²) >= 11 is 0. The summed E-state index contributed by atoms with van der Waals surface area (Å²) in [5, 5.41) is 0. The molecule has 0 bridgehead atoms. The van der Waals surface area contributed by atoms with E-state index in [2.05, 4.69) is 0 Å². The number of hydrogen-bond acceptors (Lipinski definition) is 4. The number of hydrogen-bond donors (Lipinski definition) is 1. The first-order valence-corrected chi connectivity index (χ1v) is 6.46. The summed E-state index contributed by atoms with van der Waals surface area (Å²) in [5.74, 6) is -0.289. The van der Waals surface area contributed by atoms with Gasteiger partial charge in [-0.25, -0.2) is 0 Å². The van der Waals surface area contributed by atoms with Crippen LogP contribution in [0, 0.1) is 0 Å². The monoisotopic (exact) mass is 265 g/mol. The molecule has 0 saturated carbocycles. The molecule has 0 spiro atoms. The molecule has 1 atom stereocenters. The first kappa shape index (κ1) is 15.7. The van der Waals surface area contributed by atoms with Crippen molar-refractivity contribution >= 4 is 5.97 Å². The molecule has 1 rings (SSSR count). The molecule has 0 aliphatic heterocycles. The van der Waals surface area contributed by atoms with Gasteiger partial charge in [0, 0.05) is 6.04 Å². The molecule has 106 valence electrons. The van der Waals surface area contributed by atoms with Crippen LogP contribution in [0.4, 0.5) is 0 Å². The Hall–Kier alpha value is -1.39. The van der Waals surface area contributed by atoms with Crippen LogP contribution in [-0.4, -0.2) is 24.2 Å². The summed E-state index contributed by atoms with van der Waals surface area (Å²) in [6.45, 7) is 6.35. The molecule has 0 unspecified atom stereocenters. The van der Waals surface area contributed by atoms with E-state index >= 15 is 0 Å². The summed E-state index contributed by atoms with van der Waals surface area (Å²) in [7, 11) is 0. The number of rotatable bonds is 6. The van der Waals surface area contributed by atoms with Gasteiger partial charge in [0.25, 0.3) is 0 Å². The van der Waals surface area contributed by atoms with Crippen molar-refractivity contribution in [1.82, 2.24) is 0 Å². The van der Waals surface area contributed by atoms with Gasteiger partial charge >= 0.3 is 5.97 Å². The van der Waals surface area contributed by atoms with Crippen LogP contribution < -0.4 is 5.73 Å². The highest BCUT2D eigenvalue weighted by atomic mass is 16.6. The first-order valence-electron chi connectivity index (χ1n) is 6.46. The van der Waals surface area contributed by atoms with Gasteiger partial charge in [-0.3, -0.25) is 4.79 Å². The van der Waals surface area contributed by atoms with Gasteiger partial charge in [0.15, 0.2) is 0 Å². The van der Waals surface area contributed by atoms with Crippen LogP contribution in [0.3, 0.4) is 0 Å². The zero-order valence-corrected chi connectivity index (χ0v) is 11.9. The molecule has 0 amide bonds. The summed E-state index contributed by atoms with van der Waals surface area (Å²) < 4.78 is 10.7. The Bertz CT molecular complexity index is 384. The molecule has 0 radical (unpaired) electrons. The van der Waals surface area contributed by atoms with Crippen molar-refractivity contribution in [3.63, 3.8) is 0 Å². The average Bonchev–Trinajstić information content (AvgIpc) is 2.27. The largest absolute Gasteiger partial charge is 0.460 e. The third-order valence-corrected chi connectivity index (χ3v) is 2.29. The summed E-state index contributed by atoms with van der Waals surface area (Å²) in [6.07, 6.45) is 0.173. The zero-order chi connectivity index (χ0) is 14.3. The average molecular weight is 265 g/mol. The van der Waals surface area contributed by atoms with E-state index in [1.54, 1.807) is 0 Å². The van der Waals surface area contributed by atoms with Crippen LogP contribution >= 0.6 is 0 Å². The van der Waals surface area contributed by atoms with Crippen LogP contribution in [0.15, 0.2) is 30.3 Å². The van der Waals surface area contributed by atoms with E-state index < -0.39 is 5.60 Å². The van der Waals surface area contributed by atoms with Gasteiger partial charge in [-0.2, -0.15) is 0 Å². The van der Waals surface area contributed by atoms with Gasteiger partial charge in [-0.15, -0.1) is 0 Å². The molecular weight excluding hydrogens is 242 g/mol. The smallest absolute Gasteiger partial charge is 0.307 e. The third kappa shape index (κ3) is 7.59. The number of benzene rings is 1. The molecule has 19 heavy (non-hydrogen) atoms. The van der Waals surface area contributed by atoms with Crippen LogP contribution in [0.25, 0.3) is 0 Å². The minimum absolute atomic E-state index is 0.173. The fourth-order valence-electron chi connectivity index (χ4n) is 1.56. The van der Waals surface area contributed by atoms with Gasteiger partial charge in [-0.05, 0) is 26.3 Å². The van der Waals surface area contributed by atoms with Gasteiger partial charge in [0.1, 0.15) is 5.60 Å². The van der Waals surface area contributed by atoms with Crippen molar-refractivity contribution in [3.05, 3.63) is 35.9 Å². The molecule has 0 saturated heterocycles. The molecule has 2 N–H and O–H groups in total. The standard InChI is InChI=1S/C15H23NO3/c1-15(2,3)19-14(17)9-13(16)11-18-10-12-7-5-4-6-8-12/h4-8,13H,9-11,16H2,1-3H3/t13-/m1/s1. The Morgan fingerprint density at radius 2 is 1.89 bits per heavy atom. The Labute approximate surface area is 114 Å². The number of nitrogens with two attached hydrogens (primary N) is 1. The van der Waals surface area contributed by atoms with Crippen molar-refractivity contribution in [3.8, 4) is 0 Å². The molecule has 1 aromatic carbocycles. The number of ether oxygens (including phenoxy) is 2. The number of esters is 1. The van der Waals surface area contributed by atoms with E-state index in [1.807, 2.05) is 51.1 Å². The molecule has 0 heterocycles. The molecule has 1 aromatic rings. The lowest BCUT2D eigenvalue weighted by atomic mass is 10.2. The second-order valence-corrected chi connectivity index (χ2v) is 5.55. The predicted molar refractivity (Wildman–Crippen MR) is 74.5 cm³/mol. The molecule has 0 fully saturated rings. The van der Waals surface area contributed by atoms with Crippen molar-refractivity contribution in [2.45, 2.75) is 45.4 Å². The van der Waals surface area contributed by atoms with Gasteiger partial charge in [-0.1, -0.05) is 30.3 Å². The van der Waals surface area contributed by atoms with Crippen LogP contribution in [0.1, 0.15) is 32.8 Å². The summed E-state index contributed by atoms with van der Waals surface area (Å²) in [6, 6.07) is 9.51. The van der Waals surface area contributed by atoms with Crippen LogP contribution in [-0.2, 0) is 20.9 Å². The summed E-state index contributed by atoms with van der Waals surface area (Å²) in [4.78, 5) is 11.5. The molecule has 4 nitrogen and oxygen atoms in total. The second kappa shape index (κ2) is 7.26. The maximum atomic E-state index is 11.5. The van der Waals surface area contributed by atoms with E-state index in [9.17, 15) is 4.79 Å². The number of carbonyl (C=O) groups excluding carboxylic acids is 1. The topological polar surface area (TPSA) is 61.5 Å². The quantitative estimate of drug-likeness (QED) is 0.801. The van der Waals surface area contributed by atoms with Crippen LogP contribution in [0.2, 0.25) is 0 Å². The molecule has 0 aliphatic carbocycles. The Morgan fingerprint density at radius 1 is 1.26 bits per heavy atom. The molecule has 4 heteroatoms. The lowest BCUT2D eigenvalue weighted by Crippen LogP contribution is -2.33. The second-order valence-electron chi connectivity index (χ2n) is 5.55. The fourth-order valence-corrected chi connectivity index (χ4v) is 1.56. The Kier molecular flexibility index (Phi) is 5.99. The van der Waals surface area contributed by atoms with E-state index in [0.717, 1.165) is 5.56 Å². The van der Waals surface area contributed by atoms with Crippen molar-refractivity contribution in [1.29, 1.82) is 0 Å². The fraction of sp³-hybridized carbons (Fsp3) is 0.533. The minimum Gasteiger partial charge on any atom is -0.460 e. The SMILES string of the molecule is CC(C)(C)OC(=O)C[C@@H](N)COCc1ccccc1. The molecule has 0 aliphatic rings. The summed E-state index contributed by atoms with van der Waals surface area (Å²) in [5.41, 5.74) is 6.45. The number of carbonyl (C=O) groups is 1. The highest BCUT2D eigenvalue weighted by Crippen LogP contribution is 2.09. The zero-order valence-electron chi connectivity index (χ0n) is 11.9. The first-order chi connectivity index (χ1) is 8.87. The highest BCUT2D eigenvalue weighted by Gasteiger charge is 2.18. The van der Waals surface area contributed by atoms with E-state index in [4.69, 9.17) is 15.2 Å². The van der Waals surface area contributed by atoms with E-state index in [0.29, 0.717) is 13.2 Å². The van der Waals surface area contributed by atoms with Gasteiger partial charge in [0.05, 0.1) is 19.6 Å². The van der Waals surface area contributed by atoms with E-state index in [1.165, 1.54) is 0 Å². The maximum Gasteiger partial charge on any atom is 0.307 e. The predicted octanol–water partition coefficient (Wildman–Crippen LogP) is 2.26. The Morgan fingerprint density at radius 3 is 2.47 bits per heavy atom. The molecular formula is C15H23NO3. The van der Waals surface area contributed by atoms with Crippen molar-refractivity contribution < 1.29 is 14.3 Å². The van der Waals surface area contributed by atoms with Crippen molar-refractivity contribution in [2.75, 3.05) is 6.61 Å².